The van der Waals surface area contributed by atoms with Gasteiger partial charge in [0, 0.05) is 12.3 Å². The van der Waals surface area contributed by atoms with E-state index in [1.165, 1.54) is 38.4 Å². The molecule has 1 heterocycles. The Balaban J connectivity index is 1.90. The minimum atomic E-state index is 0.960. The summed E-state index contributed by atoms with van der Waals surface area (Å²) in [5.41, 5.74) is 0. The first-order valence-electron chi connectivity index (χ1n) is 4.71. The van der Waals surface area contributed by atoms with Gasteiger partial charge in [-0.05, 0) is 45.3 Å². The van der Waals surface area contributed by atoms with E-state index in [2.05, 4.69) is 23.5 Å². The molecule has 0 aromatic carbocycles. The summed E-state index contributed by atoms with van der Waals surface area (Å²) < 4.78 is 0. The first kappa shape index (κ1) is 10.4. The number of hydrogen-bond donors (Lipinski definition) is 1. The quantitative estimate of drug-likeness (QED) is 0.666. The Bertz CT molecular complexity index is 115. The van der Waals surface area contributed by atoms with Crippen LogP contribution in [-0.2, 0) is 0 Å². The third-order valence-corrected chi connectivity index (χ3v) is 3.05. The van der Waals surface area contributed by atoms with Crippen LogP contribution in [0.5, 0.6) is 0 Å². The van der Waals surface area contributed by atoms with Crippen molar-refractivity contribution in [2.24, 2.45) is 5.92 Å². The van der Waals surface area contributed by atoms with Gasteiger partial charge in [0.1, 0.15) is 0 Å². The van der Waals surface area contributed by atoms with Gasteiger partial charge in [-0.15, -0.1) is 0 Å². The Kier molecular flexibility index (Phi) is 5.04. The number of nitrogens with one attached hydrogen (secondary N) is 1. The van der Waals surface area contributed by atoms with E-state index in [1.807, 2.05) is 11.8 Å². The van der Waals surface area contributed by atoms with Crippen LogP contribution < -0.4 is 5.32 Å². The van der Waals surface area contributed by atoms with Crippen LogP contribution in [0.2, 0.25) is 0 Å². The predicted molar refractivity (Wildman–Crippen MR) is 56.9 cm³/mol. The molecule has 0 aromatic heterocycles. The van der Waals surface area contributed by atoms with Crippen LogP contribution in [0.4, 0.5) is 0 Å². The van der Waals surface area contributed by atoms with E-state index in [0.717, 1.165) is 5.92 Å². The third-order valence-electron chi connectivity index (χ3n) is 2.46. The maximum absolute atomic E-state index is 3.31. The number of hydrogen-bond acceptors (Lipinski definition) is 3. The van der Waals surface area contributed by atoms with Gasteiger partial charge >= 0.3 is 0 Å². The molecule has 2 nitrogen and oxygen atoms in total. The number of rotatable bonds is 6. The van der Waals surface area contributed by atoms with Crippen LogP contribution in [-0.4, -0.2) is 50.1 Å². The molecule has 0 aromatic rings. The molecular weight excluding hydrogens is 168 g/mol. The van der Waals surface area contributed by atoms with E-state index in [-0.39, 0.29) is 0 Å². The van der Waals surface area contributed by atoms with Crippen molar-refractivity contribution in [3.63, 3.8) is 0 Å². The molecule has 72 valence electrons. The molecule has 0 spiro atoms. The lowest BCUT2D eigenvalue weighted by Gasteiger charge is -2.28. The Morgan fingerprint density at radius 2 is 2.17 bits per heavy atom. The zero-order chi connectivity index (χ0) is 8.81. The highest BCUT2D eigenvalue weighted by atomic mass is 32.2. The Hall–Kier alpha value is 0.270. The second-order valence-electron chi connectivity index (χ2n) is 3.61. The lowest BCUT2D eigenvalue weighted by Crippen LogP contribution is -2.43. The van der Waals surface area contributed by atoms with Gasteiger partial charge in [0.2, 0.25) is 0 Å². The van der Waals surface area contributed by atoms with Crippen molar-refractivity contribution in [2.45, 2.75) is 6.42 Å². The van der Waals surface area contributed by atoms with E-state index in [4.69, 9.17) is 0 Å². The molecule has 0 unspecified atom stereocenters. The van der Waals surface area contributed by atoms with Crippen molar-refractivity contribution >= 4 is 11.8 Å². The molecule has 1 aliphatic rings. The summed E-state index contributed by atoms with van der Waals surface area (Å²) in [7, 11) is 2.22. The summed E-state index contributed by atoms with van der Waals surface area (Å²) in [6, 6.07) is 0. The standard InChI is InChI=1S/C9H20N2S/c1-11(5-6-12-2)4-3-9-7-10-8-9/h9-10H,3-8H2,1-2H3. The van der Waals surface area contributed by atoms with Gasteiger partial charge < -0.3 is 10.2 Å². The van der Waals surface area contributed by atoms with Gasteiger partial charge in [0.05, 0.1) is 0 Å². The molecular formula is C9H20N2S. The molecule has 0 bridgehead atoms. The van der Waals surface area contributed by atoms with Crippen LogP contribution in [0.15, 0.2) is 0 Å². The molecule has 1 fully saturated rings. The summed E-state index contributed by atoms with van der Waals surface area (Å²) >= 11 is 1.93. The second kappa shape index (κ2) is 5.84. The Labute approximate surface area is 80.1 Å². The molecule has 1 aliphatic heterocycles. The molecule has 3 heteroatoms. The van der Waals surface area contributed by atoms with Gasteiger partial charge in [-0.1, -0.05) is 0 Å². The van der Waals surface area contributed by atoms with Gasteiger partial charge in [-0.25, -0.2) is 0 Å². The van der Waals surface area contributed by atoms with E-state index >= 15 is 0 Å². The molecule has 12 heavy (non-hydrogen) atoms. The van der Waals surface area contributed by atoms with E-state index < -0.39 is 0 Å². The van der Waals surface area contributed by atoms with Crippen molar-refractivity contribution in [3.8, 4) is 0 Å². The zero-order valence-corrected chi connectivity index (χ0v) is 8.99. The van der Waals surface area contributed by atoms with Crippen LogP contribution in [0.3, 0.4) is 0 Å². The topological polar surface area (TPSA) is 15.3 Å². The average molecular weight is 188 g/mol. The minimum absolute atomic E-state index is 0.960. The fourth-order valence-corrected chi connectivity index (χ4v) is 1.81. The van der Waals surface area contributed by atoms with Gasteiger partial charge in [0.25, 0.3) is 0 Å². The van der Waals surface area contributed by atoms with E-state index in [9.17, 15) is 0 Å². The lowest BCUT2D eigenvalue weighted by atomic mass is 9.99. The fraction of sp³-hybridized carbons (Fsp3) is 1.00. The third kappa shape index (κ3) is 3.78. The summed E-state index contributed by atoms with van der Waals surface area (Å²) in [6.45, 7) is 5.00. The van der Waals surface area contributed by atoms with Gasteiger partial charge in [-0.3, -0.25) is 0 Å². The lowest BCUT2D eigenvalue weighted by molar-refractivity contribution is 0.264. The minimum Gasteiger partial charge on any atom is -0.316 e. The van der Waals surface area contributed by atoms with Crippen molar-refractivity contribution in [2.75, 3.05) is 45.2 Å². The van der Waals surface area contributed by atoms with Crippen LogP contribution in [0.1, 0.15) is 6.42 Å². The molecule has 0 aliphatic carbocycles. The van der Waals surface area contributed by atoms with Crippen molar-refractivity contribution < 1.29 is 0 Å². The molecule has 0 radical (unpaired) electrons. The van der Waals surface area contributed by atoms with E-state index in [0.29, 0.717) is 0 Å². The SMILES string of the molecule is CSCCN(C)CCC1CNC1. The normalized spacial score (nSPS) is 18.2. The van der Waals surface area contributed by atoms with Gasteiger partial charge in [-0.2, -0.15) is 11.8 Å². The van der Waals surface area contributed by atoms with E-state index in [1.54, 1.807) is 0 Å². The monoisotopic (exact) mass is 188 g/mol. The van der Waals surface area contributed by atoms with Gasteiger partial charge in [0.15, 0.2) is 0 Å². The van der Waals surface area contributed by atoms with Crippen LogP contribution in [0, 0.1) is 5.92 Å². The highest BCUT2D eigenvalue weighted by Crippen LogP contribution is 2.08. The number of nitrogens with zero attached hydrogens (tertiary/aromatic N) is 1. The largest absolute Gasteiger partial charge is 0.316 e. The first-order chi connectivity index (χ1) is 5.83. The molecule has 0 amide bonds. The number of thioether (sulfide) groups is 1. The Morgan fingerprint density at radius 1 is 1.42 bits per heavy atom. The summed E-state index contributed by atoms with van der Waals surface area (Å²) in [5.74, 6) is 2.22. The van der Waals surface area contributed by atoms with Crippen molar-refractivity contribution in [1.29, 1.82) is 0 Å². The second-order valence-corrected chi connectivity index (χ2v) is 4.59. The first-order valence-corrected chi connectivity index (χ1v) is 6.10. The Morgan fingerprint density at radius 3 is 2.67 bits per heavy atom. The van der Waals surface area contributed by atoms with Crippen LogP contribution >= 0.6 is 11.8 Å². The highest BCUT2D eigenvalue weighted by Gasteiger charge is 2.16. The predicted octanol–water partition coefficient (Wildman–Crippen LogP) is 0.891. The van der Waals surface area contributed by atoms with Crippen molar-refractivity contribution in [1.82, 2.24) is 10.2 Å². The molecule has 0 atom stereocenters. The van der Waals surface area contributed by atoms with Crippen molar-refractivity contribution in [3.05, 3.63) is 0 Å². The molecule has 1 saturated heterocycles. The molecule has 0 saturated carbocycles. The summed E-state index contributed by atoms with van der Waals surface area (Å²) in [5, 5.41) is 3.31. The zero-order valence-electron chi connectivity index (χ0n) is 8.18. The average Bonchev–Trinajstić information content (AvgIpc) is 1.98. The molecule has 1 rings (SSSR count). The maximum Gasteiger partial charge on any atom is 0.00692 e. The maximum atomic E-state index is 3.31. The summed E-state index contributed by atoms with van der Waals surface area (Å²) in [6.07, 6.45) is 3.54. The highest BCUT2D eigenvalue weighted by molar-refractivity contribution is 7.98. The fourth-order valence-electron chi connectivity index (χ4n) is 1.31. The summed E-state index contributed by atoms with van der Waals surface area (Å²) in [4.78, 5) is 2.44. The van der Waals surface area contributed by atoms with Crippen LogP contribution in [0.25, 0.3) is 0 Å². The smallest absolute Gasteiger partial charge is 0.00692 e. The molecule has 1 N–H and O–H groups in total.